The van der Waals surface area contributed by atoms with Gasteiger partial charge >= 0.3 is 5.97 Å². The third-order valence-corrected chi connectivity index (χ3v) is 2.96. The van der Waals surface area contributed by atoms with Crippen molar-refractivity contribution in [3.8, 4) is 5.75 Å². The van der Waals surface area contributed by atoms with Crippen LogP contribution in [-0.4, -0.2) is 5.97 Å². The van der Waals surface area contributed by atoms with Gasteiger partial charge in [-0.2, -0.15) is 0 Å². The highest BCUT2D eigenvalue weighted by atomic mass is 16.5. The maximum atomic E-state index is 11.9. The zero-order chi connectivity index (χ0) is 14.4. The Balaban J connectivity index is 2.07. The molecule has 20 heavy (non-hydrogen) atoms. The standard InChI is InChI=1S/C18H18O2/c1-14(2)16-10-6-7-11-17(16)20-18(19)13-12-15-8-4-3-5-9-15/h3-14H,1-2H3/b13-12+. The summed E-state index contributed by atoms with van der Waals surface area (Å²) in [5.74, 6) is 0.587. The van der Waals surface area contributed by atoms with Crippen molar-refractivity contribution in [2.45, 2.75) is 19.8 Å². The Bertz CT molecular complexity index is 598. The smallest absolute Gasteiger partial charge is 0.336 e. The van der Waals surface area contributed by atoms with Crippen LogP contribution in [0.3, 0.4) is 0 Å². The van der Waals surface area contributed by atoms with Crippen LogP contribution >= 0.6 is 0 Å². The first kappa shape index (κ1) is 14.1. The summed E-state index contributed by atoms with van der Waals surface area (Å²) in [4.78, 5) is 11.9. The van der Waals surface area contributed by atoms with Crippen LogP contribution in [-0.2, 0) is 4.79 Å². The number of rotatable bonds is 4. The molecule has 0 heterocycles. The van der Waals surface area contributed by atoms with Gasteiger partial charge in [0.2, 0.25) is 0 Å². The number of para-hydroxylation sites is 1. The zero-order valence-electron chi connectivity index (χ0n) is 11.7. The molecule has 2 aromatic carbocycles. The lowest BCUT2D eigenvalue weighted by atomic mass is 10.0. The minimum Gasteiger partial charge on any atom is -0.423 e. The van der Waals surface area contributed by atoms with Gasteiger partial charge in [0.1, 0.15) is 5.75 Å². The van der Waals surface area contributed by atoms with Crippen LogP contribution in [0.2, 0.25) is 0 Å². The van der Waals surface area contributed by atoms with Gasteiger partial charge in [-0.05, 0) is 29.2 Å². The maximum absolute atomic E-state index is 11.9. The molecule has 0 aliphatic carbocycles. The fourth-order valence-corrected chi connectivity index (χ4v) is 1.92. The molecular formula is C18H18O2. The second-order valence-electron chi connectivity index (χ2n) is 4.86. The Hall–Kier alpha value is -2.35. The summed E-state index contributed by atoms with van der Waals surface area (Å²) < 4.78 is 5.40. The van der Waals surface area contributed by atoms with Crippen LogP contribution in [0.1, 0.15) is 30.9 Å². The Labute approximate surface area is 119 Å². The molecule has 0 aromatic heterocycles. The molecule has 0 N–H and O–H groups in total. The maximum Gasteiger partial charge on any atom is 0.336 e. The number of hydrogen-bond acceptors (Lipinski definition) is 2. The second-order valence-corrected chi connectivity index (χ2v) is 4.86. The zero-order valence-corrected chi connectivity index (χ0v) is 11.7. The Kier molecular flexibility index (Phi) is 4.72. The van der Waals surface area contributed by atoms with Crippen LogP contribution in [0, 0.1) is 0 Å². The highest BCUT2D eigenvalue weighted by Crippen LogP contribution is 2.25. The molecule has 2 nitrogen and oxygen atoms in total. The molecule has 0 saturated heterocycles. The summed E-state index contributed by atoms with van der Waals surface area (Å²) in [6, 6.07) is 17.3. The molecule has 2 rings (SSSR count). The summed E-state index contributed by atoms with van der Waals surface area (Å²) in [6.45, 7) is 4.15. The first-order chi connectivity index (χ1) is 9.66. The van der Waals surface area contributed by atoms with Crippen LogP contribution in [0.25, 0.3) is 6.08 Å². The predicted octanol–water partition coefficient (Wildman–Crippen LogP) is 4.43. The summed E-state index contributed by atoms with van der Waals surface area (Å²) in [6.07, 6.45) is 3.20. The Morgan fingerprint density at radius 1 is 1.00 bits per heavy atom. The lowest BCUT2D eigenvalue weighted by Crippen LogP contribution is -2.06. The van der Waals surface area contributed by atoms with Gasteiger partial charge in [0, 0.05) is 6.08 Å². The number of carbonyl (C=O) groups excluding carboxylic acids is 1. The van der Waals surface area contributed by atoms with E-state index in [0.29, 0.717) is 11.7 Å². The van der Waals surface area contributed by atoms with E-state index >= 15 is 0 Å². The summed E-state index contributed by atoms with van der Waals surface area (Å²) in [5, 5.41) is 0. The summed E-state index contributed by atoms with van der Waals surface area (Å²) in [7, 11) is 0. The van der Waals surface area contributed by atoms with Crippen LogP contribution in [0.15, 0.2) is 60.7 Å². The van der Waals surface area contributed by atoms with Crippen molar-refractivity contribution in [2.75, 3.05) is 0 Å². The van der Waals surface area contributed by atoms with E-state index in [4.69, 9.17) is 4.74 Å². The van der Waals surface area contributed by atoms with E-state index in [0.717, 1.165) is 11.1 Å². The molecule has 0 saturated carbocycles. The highest BCUT2D eigenvalue weighted by Gasteiger charge is 2.09. The number of carbonyl (C=O) groups is 1. The third-order valence-electron chi connectivity index (χ3n) is 2.96. The molecular weight excluding hydrogens is 248 g/mol. The van der Waals surface area contributed by atoms with E-state index in [1.807, 2.05) is 54.6 Å². The minimum absolute atomic E-state index is 0.317. The van der Waals surface area contributed by atoms with Crippen LogP contribution in [0.4, 0.5) is 0 Å². The average molecular weight is 266 g/mol. The third kappa shape index (κ3) is 3.82. The van der Waals surface area contributed by atoms with E-state index in [2.05, 4.69) is 13.8 Å². The van der Waals surface area contributed by atoms with Gasteiger partial charge in [0.25, 0.3) is 0 Å². The predicted molar refractivity (Wildman–Crippen MR) is 81.6 cm³/mol. The highest BCUT2D eigenvalue weighted by molar-refractivity contribution is 5.88. The second kappa shape index (κ2) is 6.71. The van der Waals surface area contributed by atoms with Crippen molar-refractivity contribution in [1.82, 2.24) is 0 Å². The molecule has 0 radical (unpaired) electrons. The van der Waals surface area contributed by atoms with Gasteiger partial charge in [-0.25, -0.2) is 4.79 Å². The molecule has 0 spiro atoms. The largest absolute Gasteiger partial charge is 0.423 e. The fourth-order valence-electron chi connectivity index (χ4n) is 1.92. The van der Waals surface area contributed by atoms with Gasteiger partial charge in [-0.1, -0.05) is 62.4 Å². The molecule has 2 heteroatoms. The van der Waals surface area contributed by atoms with E-state index in [-0.39, 0.29) is 5.97 Å². The molecule has 0 amide bonds. The molecule has 0 fully saturated rings. The van der Waals surface area contributed by atoms with Gasteiger partial charge in [0.15, 0.2) is 0 Å². The monoisotopic (exact) mass is 266 g/mol. The SMILES string of the molecule is CC(C)c1ccccc1OC(=O)/C=C/c1ccccc1. The average Bonchev–Trinajstić information content (AvgIpc) is 2.46. The van der Waals surface area contributed by atoms with Gasteiger partial charge < -0.3 is 4.74 Å². The minimum atomic E-state index is -0.359. The van der Waals surface area contributed by atoms with Crippen LogP contribution in [0.5, 0.6) is 5.75 Å². The van der Waals surface area contributed by atoms with Gasteiger partial charge in [-0.15, -0.1) is 0 Å². The van der Waals surface area contributed by atoms with Crippen molar-refractivity contribution in [1.29, 1.82) is 0 Å². The van der Waals surface area contributed by atoms with Crippen molar-refractivity contribution in [3.63, 3.8) is 0 Å². The number of hydrogen-bond donors (Lipinski definition) is 0. The number of esters is 1. The first-order valence-electron chi connectivity index (χ1n) is 6.70. The molecule has 0 aliphatic heterocycles. The van der Waals surface area contributed by atoms with Gasteiger partial charge in [-0.3, -0.25) is 0 Å². The number of benzene rings is 2. The fraction of sp³-hybridized carbons (Fsp3) is 0.167. The Morgan fingerprint density at radius 2 is 1.65 bits per heavy atom. The van der Waals surface area contributed by atoms with Crippen molar-refractivity contribution in [2.24, 2.45) is 0 Å². The molecule has 0 aliphatic rings. The molecule has 0 unspecified atom stereocenters. The summed E-state index contributed by atoms with van der Waals surface area (Å²) in [5.41, 5.74) is 2.01. The normalized spacial score (nSPS) is 10.9. The van der Waals surface area contributed by atoms with E-state index in [1.165, 1.54) is 6.08 Å². The van der Waals surface area contributed by atoms with Gasteiger partial charge in [0.05, 0.1) is 0 Å². The van der Waals surface area contributed by atoms with E-state index in [1.54, 1.807) is 6.08 Å². The lowest BCUT2D eigenvalue weighted by Gasteiger charge is -2.11. The molecule has 0 atom stereocenters. The van der Waals surface area contributed by atoms with Crippen molar-refractivity contribution < 1.29 is 9.53 Å². The van der Waals surface area contributed by atoms with Crippen LogP contribution < -0.4 is 4.74 Å². The van der Waals surface area contributed by atoms with Crippen molar-refractivity contribution in [3.05, 3.63) is 71.8 Å². The lowest BCUT2D eigenvalue weighted by molar-refractivity contribution is -0.128. The van der Waals surface area contributed by atoms with E-state index < -0.39 is 0 Å². The summed E-state index contributed by atoms with van der Waals surface area (Å²) >= 11 is 0. The molecule has 0 bridgehead atoms. The topological polar surface area (TPSA) is 26.3 Å². The van der Waals surface area contributed by atoms with E-state index in [9.17, 15) is 4.79 Å². The molecule has 2 aromatic rings. The van der Waals surface area contributed by atoms with Crippen molar-refractivity contribution >= 4 is 12.0 Å². The number of ether oxygens (including phenoxy) is 1. The quantitative estimate of drug-likeness (QED) is 0.465. The first-order valence-corrected chi connectivity index (χ1v) is 6.70. The Morgan fingerprint density at radius 3 is 2.35 bits per heavy atom. The molecule has 102 valence electrons.